The van der Waals surface area contributed by atoms with Gasteiger partial charge < -0.3 is 15.2 Å². The second kappa shape index (κ2) is 7.79. The summed E-state index contributed by atoms with van der Waals surface area (Å²) >= 11 is 5.77. The van der Waals surface area contributed by atoms with Gasteiger partial charge in [-0.2, -0.15) is 0 Å². The van der Waals surface area contributed by atoms with Crippen LogP contribution < -0.4 is 10.4 Å². The van der Waals surface area contributed by atoms with Crippen LogP contribution in [0.3, 0.4) is 0 Å². The van der Waals surface area contributed by atoms with Crippen LogP contribution in [0.1, 0.15) is 25.3 Å². The predicted octanol–water partition coefficient (Wildman–Crippen LogP) is 1.16. The fourth-order valence-corrected chi connectivity index (χ4v) is 1.87. The molecule has 0 aliphatic heterocycles. The molecule has 0 heterocycles. The topological polar surface area (TPSA) is 69.2 Å². The van der Waals surface area contributed by atoms with Crippen LogP contribution in [0.2, 0.25) is 5.02 Å². The largest absolute Gasteiger partial charge is 0.550 e. The van der Waals surface area contributed by atoms with E-state index in [1.54, 1.807) is 19.1 Å². The quantitative estimate of drug-likeness (QED) is 0.816. The lowest BCUT2D eigenvalue weighted by molar-refractivity contribution is -0.306. The Hall–Kier alpha value is -1.55. The van der Waals surface area contributed by atoms with Crippen LogP contribution in [0.15, 0.2) is 24.3 Å². The zero-order valence-corrected chi connectivity index (χ0v) is 11.6. The number of hydrogen-bond donors (Lipinski definition) is 1. The average molecular weight is 283 g/mol. The van der Waals surface area contributed by atoms with E-state index in [9.17, 15) is 14.7 Å². The molecule has 1 aromatic carbocycles. The van der Waals surface area contributed by atoms with Gasteiger partial charge in [0, 0.05) is 24.0 Å². The molecule has 1 rings (SSSR count). The Bertz CT molecular complexity index is 431. The maximum atomic E-state index is 11.5. The van der Waals surface area contributed by atoms with Gasteiger partial charge in [-0.1, -0.05) is 30.7 Å². The second-order valence-electron chi connectivity index (χ2n) is 4.61. The Labute approximate surface area is 117 Å². The average Bonchev–Trinajstić information content (AvgIpc) is 2.30. The molecular formula is C14H17ClNO3-. The van der Waals surface area contributed by atoms with Crippen LogP contribution in [0, 0.1) is 5.92 Å². The van der Waals surface area contributed by atoms with Gasteiger partial charge in [0.25, 0.3) is 0 Å². The molecule has 0 aliphatic carbocycles. The molecule has 4 nitrogen and oxygen atoms in total. The van der Waals surface area contributed by atoms with Crippen molar-refractivity contribution in [3.63, 3.8) is 0 Å². The highest BCUT2D eigenvalue weighted by molar-refractivity contribution is 6.30. The Morgan fingerprint density at radius 2 is 1.89 bits per heavy atom. The van der Waals surface area contributed by atoms with Crippen molar-refractivity contribution < 1.29 is 14.7 Å². The van der Waals surface area contributed by atoms with Crippen molar-refractivity contribution in [3.05, 3.63) is 34.9 Å². The monoisotopic (exact) mass is 282 g/mol. The van der Waals surface area contributed by atoms with Gasteiger partial charge in [0.05, 0.1) is 0 Å². The first kappa shape index (κ1) is 15.5. The molecule has 0 fully saturated rings. The minimum absolute atomic E-state index is 0.0927. The summed E-state index contributed by atoms with van der Waals surface area (Å²) in [4.78, 5) is 21.9. The molecule has 1 N–H and O–H groups in total. The first-order valence-corrected chi connectivity index (χ1v) is 6.56. The number of rotatable bonds is 7. The number of carbonyl (C=O) groups excluding carboxylic acids is 2. The Balaban J connectivity index is 2.23. The summed E-state index contributed by atoms with van der Waals surface area (Å²) in [6, 6.07) is 7.43. The number of nitrogens with one attached hydrogen (secondary N) is 1. The van der Waals surface area contributed by atoms with Crippen LogP contribution in [0.5, 0.6) is 0 Å². The molecule has 5 heteroatoms. The zero-order valence-electron chi connectivity index (χ0n) is 10.8. The van der Waals surface area contributed by atoms with E-state index in [2.05, 4.69) is 5.32 Å². The molecule has 0 saturated heterocycles. The standard InChI is InChI=1S/C14H18ClNO3/c1-10(9-14(18)19)8-13(17)16-7-6-11-2-4-12(15)5-3-11/h2-5,10H,6-9H2,1H3,(H,16,17)(H,18,19)/p-1/t10-/m1/s1. The zero-order chi connectivity index (χ0) is 14.3. The van der Waals surface area contributed by atoms with E-state index in [0.29, 0.717) is 11.6 Å². The highest BCUT2D eigenvalue weighted by atomic mass is 35.5. The Morgan fingerprint density at radius 1 is 1.26 bits per heavy atom. The second-order valence-corrected chi connectivity index (χ2v) is 5.05. The Kier molecular flexibility index (Phi) is 6.36. The fraction of sp³-hybridized carbons (Fsp3) is 0.429. The van der Waals surface area contributed by atoms with E-state index in [4.69, 9.17) is 11.6 Å². The van der Waals surface area contributed by atoms with Crippen LogP contribution in [0.25, 0.3) is 0 Å². The SMILES string of the molecule is C[C@@H](CC(=O)[O-])CC(=O)NCCc1ccc(Cl)cc1. The van der Waals surface area contributed by atoms with Gasteiger partial charge in [0.2, 0.25) is 5.91 Å². The number of carboxylic acid groups (broad SMARTS) is 1. The molecule has 0 saturated carbocycles. The first-order valence-electron chi connectivity index (χ1n) is 6.18. The first-order chi connectivity index (χ1) is 8.97. The molecular weight excluding hydrogens is 266 g/mol. The summed E-state index contributed by atoms with van der Waals surface area (Å²) in [5, 5.41) is 13.8. The molecule has 19 heavy (non-hydrogen) atoms. The molecule has 0 aromatic heterocycles. The molecule has 1 atom stereocenters. The van der Waals surface area contributed by atoms with Crippen molar-refractivity contribution in [2.24, 2.45) is 5.92 Å². The molecule has 1 aromatic rings. The number of aliphatic carboxylic acids is 1. The summed E-state index contributed by atoms with van der Waals surface area (Å²) in [6.07, 6.45) is 0.830. The van der Waals surface area contributed by atoms with E-state index in [0.717, 1.165) is 12.0 Å². The molecule has 1 amide bonds. The number of carboxylic acids is 1. The van der Waals surface area contributed by atoms with Crippen molar-refractivity contribution in [1.82, 2.24) is 5.32 Å². The molecule has 104 valence electrons. The third-order valence-corrected chi connectivity index (χ3v) is 2.95. The summed E-state index contributed by atoms with van der Waals surface area (Å²) < 4.78 is 0. The van der Waals surface area contributed by atoms with E-state index < -0.39 is 5.97 Å². The van der Waals surface area contributed by atoms with Crippen LogP contribution >= 0.6 is 11.6 Å². The van der Waals surface area contributed by atoms with Crippen molar-refractivity contribution >= 4 is 23.5 Å². The predicted molar refractivity (Wildman–Crippen MR) is 71.6 cm³/mol. The van der Waals surface area contributed by atoms with Crippen LogP contribution in [-0.4, -0.2) is 18.4 Å². The lowest BCUT2D eigenvalue weighted by Crippen LogP contribution is -2.30. The van der Waals surface area contributed by atoms with Crippen LogP contribution in [0.4, 0.5) is 0 Å². The van der Waals surface area contributed by atoms with E-state index in [1.165, 1.54) is 0 Å². The van der Waals surface area contributed by atoms with Crippen molar-refractivity contribution in [2.75, 3.05) is 6.54 Å². The maximum absolute atomic E-state index is 11.5. The normalized spacial score (nSPS) is 11.9. The summed E-state index contributed by atoms with van der Waals surface area (Å²) in [6.45, 7) is 2.24. The molecule has 0 aliphatic rings. The number of amides is 1. The van der Waals surface area contributed by atoms with Gasteiger partial charge in [-0.25, -0.2) is 0 Å². The minimum atomic E-state index is -1.12. The van der Waals surface area contributed by atoms with E-state index in [1.807, 2.05) is 12.1 Å². The molecule has 0 bridgehead atoms. The van der Waals surface area contributed by atoms with Gasteiger partial charge >= 0.3 is 0 Å². The van der Waals surface area contributed by atoms with E-state index in [-0.39, 0.29) is 24.7 Å². The third-order valence-electron chi connectivity index (χ3n) is 2.70. The summed E-state index contributed by atoms with van der Waals surface area (Å²) in [5.41, 5.74) is 1.09. The van der Waals surface area contributed by atoms with Gasteiger partial charge in [0.1, 0.15) is 0 Å². The highest BCUT2D eigenvalue weighted by Gasteiger charge is 2.08. The molecule has 0 radical (unpaired) electrons. The third kappa shape index (κ3) is 6.82. The van der Waals surface area contributed by atoms with Crippen LogP contribution in [-0.2, 0) is 16.0 Å². The number of hydrogen-bond acceptors (Lipinski definition) is 3. The number of benzene rings is 1. The molecule has 0 spiro atoms. The smallest absolute Gasteiger partial charge is 0.220 e. The highest BCUT2D eigenvalue weighted by Crippen LogP contribution is 2.10. The number of halogens is 1. The fourth-order valence-electron chi connectivity index (χ4n) is 1.74. The van der Waals surface area contributed by atoms with Gasteiger partial charge in [-0.05, 0) is 36.5 Å². The summed E-state index contributed by atoms with van der Waals surface area (Å²) in [7, 11) is 0. The number of carbonyl (C=O) groups is 2. The van der Waals surface area contributed by atoms with E-state index >= 15 is 0 Å². The summed E-state index contributed by atoms with van der Waals surface area (Å²) in [5.74, 6) is -1.47. The van der Waals surface area contributed by atoms with Crippen molar-refractivity contribution in [1.29, 1.82) is 0 Å². The maximum Gasteiger partial charge on any atom is 0.220 e. The minimum Gasteiger partial charge on any atom is -0.550 e. The van der Waals surface area contributed by atoms with Crippen molar-refractivity contribution in [3.8, 4) is 0 Å². The Morgan fingerprint density at radius 3 is 2.47 bits per heavy atom. The lowest BCUT2D eigenvalue weighted by Gasteiger charge is -2.12. The van der Waals surface area contributed by atoms with Gasteiger partial charge in [-0.15, -0.1) is 0 Å². The van der Waals surface area contributed by atoms with Gasteiger partial charge in [0.15, 0.2) is 0 Å². The molecule has 0 unspecified atom stereocenters. The van der Waals surface area contributed by atoms with Gasteiger partial charge in [-0.3, -0.25) is 4.79 Å². The lowest BCUT2D eigenvalue weighted by atomic mass is 10.0. The van der Waals surface area contributed by atoms with Crippen molar-refractivity contribution in [2.45, 2.75) is 26.2 Å².